The molecule has 126 heavy (non-hydrogen) atoms. The second kappa shape index (κ2) is 31.8. The quantitative estimate of drug-likeness (QED) is 0.0679. The van der Waals surface area contributed by atoms with Crippen molar-refractivity contribution in [2.45, 2.75) is 0 Å². The zero-order chi connectivity index (χ0) is 83.5. The number of fused-ring (bicyclic) bond motifs is 12. The molecule has 0 unspecified atom stereocenters. The molecule has 0 amide bonds. The van der Waals surface area contributed by atoms with Crippen molar-refractivity contribution in [2.75, 3.05) is 0 Å². The highest BCUT2D eigenvalue weighted by Crippen LogP contribution is 2.42. The van der Waals surface area contributed by atoms with Gasteiger partial charge in [-0.05, 0) is 207 Å². The molecule has 0 aliphatic rings. The van der Waals surface area contributed by atoms with Gasteiger partial charge in [-0.15, -0.1) is 0 Å². The van der Waals surface area contributed by atoms with E-state index in [0.29, 0.717) is 0 Å². The van der Waals surface area contributed by atoms with E-state index < -0.39 is 16.1 Å². The molecular formula is C120H84N4Si2. The number of nitrogens with zero attached hydrogens (tertiary/aromatic N) is 4. The number of benzene rings is 20. The van der Waals surface area contributed by atoms with E-state index in [-0.39, 0.29) is 0 Å². The minimum atomic E-state index is -2.75. The monoisotopic (exact) mass is 1640 g/mol. The van der Waals surface area contributed by atoms with Crippen LogP contribution in [0.1, 0.15) is 0 Å². The van der Waals surface area contributed by atoms with Gasteiger partial charge in [0.25, 0.3) is 0 Å². The van der Waals surface area contributed by atoms with Crippen LogP contribution in [0.3, 0.4) is 0 Å². The normalized spacial score (nSPS) is 11.8. The van der Waals surface area contributed by atoms with E-state index in [1.165, 1.54) is 190 Å². The summed E-state index contributed by atoms with van der Waals surface area (Å²) >= 11 is 0. The number of aromatic nitrogens is 4. The molecule has 0 saturated heterocycles. The smallest absolute Gasteiger partial charge is 0.179 e. The van der Waals surface area contributed by atoms with Crippen molar-refractivity contribution in [3.05, 3.63) is 510 Å². The third-order valence-electron chi connectivity index (χ3n) is 26.1. The molecule has 0 radical (unpaired) electrons. The lowest BCUT2D eigenvalue weighted by Crippen LogP contribution is -2.74. The summed E-state index contributed by atoms with van der Waals surface area (Å²) in [5, 5.41) is 21.0. The van der Waals surface area contributed by atoms with Gasteiger partial charge in [0.15, 0.2) is 16.1 Å². The fourth-order valence-corrected chi connectivity index (χ4v) is 30.0. The van der Waals surface area contributed by atoms with Gasteiger partial charge in [0.1, 0.15) is 0 Å². The molecule has 0 atom stereocenters. The first-order valence-corrected chi connectivity index (χ1v) is 47.5. The summed E-state index contributed by atoms with van der Waals surface area (Å²) in [7, 11) is -5.46. The van der Waals surface area contributed by atoms with E-state index in [4.69, 9.17) is 0 Å². The summed E-state index contributed by atoms with van der Waals surface area (Å²) in [5.74, 6) is 0. The molecule has 0 saturated carbocycles. The Balaban J connectivity index is 0.000000145. The molecule has 4 heterocycles. The minimum Gasteiger partial charge on any atom is -0.309 e. The summed E-state index contributed by atoms with van der Waals surface area (Å²) in [6, 6.07) is 188. The lowest BCUT2D eigenvalue weighted by Gasteiger charge is -2.34. The number of para-hydroxylation sites is 6. The van der Waals surface area contributed by atoms with Crippen molar-refractivity contribution in [2.24, 2.45) is 0 Å². The Hall–Kier alpha value is -16.0. The number of hydrogen-bond acceptors (Lipinski definition) is 0. The lowest BCUT2D eigenvalue weighted by atomic mass is 9.98. The number of rotatable bonds is 16. The van der Waals surface area contributed by atoms with E-state index in [1.54, 1.807) is 0 Å². The Morgan fingerprint density at radius 3 is 0.611 bits per heavy atom. The largest absolute Gasteiger partial charge is 0.309 e. The lowest BCUT2D eigenvalue weighted by molar-refractivity contribution is 1.18. The predicted molar refractivity (Wildman–Crippen MR) is 539 cm³/mol. The third-order valence-corrected chi connectivity index (χ3v) is 35.7. The highest BCUT2D eigenvalue weighted by Gasteiger charge is 2.43. The van der Waals surface area contributed by atoms with Crippen molar-refractivity contribution >= 4 is 145 Å². The SMILES string of the molecule is c1ccc(-n2c3ccccc3c3cc(-c4ccc(-c5ccc6c(c5)c5ccc([Si](c7ccccc7)(c7ccccc7)c7ccccc7)cc5n6-c5ccccc5)cc4)ccc32)cc1.c1ccc(-n2c3ccccc3c3cc(-c4ccc(-c5ccc6c(c5)c5ccccc5n6-c5cccc([Si](c6ccccc6)(c6ccccc6)c6ccccc6)c5)cc4)ccc32)cc1. The van der Waals surface area contributed by atoms with Gasteiger partial charge in [0, 0.05) is 65.8 Å². The van der Waals surface area contributed by atoms with Gasteiger partial charge in [0.05, 0.1) is 44.1 Å². The Morgan fingerprint density at radius 1 is 0.111 bits per heavy atom. The van der Waals surface area contributed by atoms with Crippen LogP contribution in [-0.2, 0) is 0 Å². The van der Waals surface area contributed by atoms with Gasteiger partial charge in [-0.1, -0.05) is 388 Å². The summed E-state index contributed by atoms with van der Waals surface area (Å²) in [6.07, 6.45) is 0. The molecule has 0 fully saturated rings. The molecule has 4 aromatic heterocycles. The Kier molecular flexibility index (Phi) is 18.9. The molecule has 6 heteroatoms. The third kappa shape index (κ3) is 12.7. The number of hydrogen-bond donors (Lipinski definition) is 0. The van der Waals surface area contributed by atoms with Crippen LogP contribution in [0.15, 0.2) is 510 Å². The van der Waals surface area contributed by atoms with Crippen LogP contribution in [0.5, 0.6) is 0 Å². The van der Waals surface area contributed by atoms with Gasteiger partial charge >= 0.3 is 0 Å². The zero-order valence-corrected chi connectivity index (χ0v) is 71.3. The fraction of sp³-hybridized carbons (Fsp3) is 0. The van der Waals surface area contributed by atoms with Crippen molar-refractivity contribution in [1.29, 1.82) is 0 Å². The van der Waals surface area contributed by atoms with Crippen LogP contribution in [0.4, 0.5) is 0 Å². The molecule has 24 rings (SSSR count). The predicted octanol–water partition coefficient (Wildman–Crippen LogP) is 25.2. The van der Waals surface area contributed by atoms with E-state index in [0.717, 1.165) is 5.69 Å². The molecule has 592 valence electrons. The second-order valence-electron chi connectivity index (χ2n) is 33.0. The van der Waals surface area contributed by atoms with Crippen LogP contribution < -0.4 is 41.5 Å². The van der Waals surface area contributed by atoms with Crippen LogP contribution in [0, 0.1) is 0 Å². The first kappa shape index (κ1) is 75.0. The highest BCUT2D eigenvalue weighted by molar-refractivity contribution is 7.20. The van der Waals surface area contributed by atoms with E-state index >= 15 is 0 Å². The molecule has 0 aliphatic carbocycles. The molecule has 20 aromatic carbocycles. The van der Waals surface area contributed by atoms with Gasteiger partial charge in [-0.3, -0.25) is 0 Å². The molecule has 24 aromatic rings. The van der Waals surface area contributed by atoms with Crippen LogP contribution >= 0.6 is 0 Å². The molecular weight excluding hydrogens is 1550 g/mol. The minimum absolute atomic E-state index is 1.15. The van der Waals surface area contributed by atoms with Crippen LogP contribution in [0.25, 0.3) is 154 Å². The first-order chi connectivity index (χ1) is 62.5. The average molecular weight is 1640 g/mol. The fourth-order valence-electron chi connectivity index (χ4n) is 20.5. The maximum atomic E-state index is 2.50. The van der Waals surface area contributed by atoms with Gasteiger partial charge in [0.2, 0.25) is 0 Å². The zero-order valence-electron chi connectivity index (χ0n) is 69.3. The van der Waals surface area contributed by atoms with Crippen LogP contribution in [0.2, 0.25) is 0 Å². The maximum absolute atomic E-state index is 2.75. The van der Waals surface area contributed by atoms with E-state index in [2.05, 4.69) is 528 Å². The van der Waals surface area contributed by atoms with Crippen LogP contribution in [-0.4, -0.2) is 34.4 Å². The van der Waals surface area contributed by atoms with Crippen molar-refractivity contribution in [1.82, 2.24) is 18.3 Å². The van der Waals surface area contributed by atoms with Gasteiger partial charge in [-0.2, -0.15) is 0 Å². The molecule has 0 aliphatic heterocycles. The summed E-state index contributed by atoms with van der Waals surface area (Å²) in [5.41, 5.74) is 24.0. The second-order valence-corrected chi connectivity index (χ2v) is 40.6. The molecule has 4 nitrogen and oxygen atoms in total. The summed E-state index contributed by atoms with van der Waals surface area (Å²) in [6.45, 7) is 0. The van der Waals surface area contributed by atoms with Crippen molar-refractivity contribution < 1.29 is 0 Å². The van der Waals surface area contributed by atoms with Crippen molar-refractivity contribution in [3.8, 4) is 67.3 Å². The standard InChI is InChI=1S/2C60H42N2Si/c1-6-18-47(19-7-1)61-57-29-17-16-28-53(57)55-40-45(34-38-58(55)61)43-30-32-44(33-31-43)46-35-39-59-56(41-46)54-37-36-52(42-60(54)62(59)48-20-8-2-9-21-48)63(49-22-10-3-11-23-49,50-24-12-4-13-25-50)51-26-14-5-15-27-51;1-5-18-47(19-6-1)61-57-30-15-13-28-53(57)55-40-45(36-38-59(55)61)43-32-34-44(35-33-43)46-37-39-60-56(41-46)54-29-14-16-31-58(54)62(60)48-20-17-27-52(42-48)63(49-21-7-2-8-22-49,50-23-9-3-10-24-50)51-25-11-4-12-26-51/h2*1-42H. The van der Waals surface area contributed by atoms with E-state index in [9.17, 15) is 0 Å². The average Bonchev–Trinajstić information content (AvgIpc) is 1.37. The maximum Gasteiger partial charge on any atom is 0.179 e. The molecule has 0 N–H and O–H groups in total. The Bertz CT molecular complexity index is 7940. The van der Waals surface area contributed by atoms with Gasteiger partial charge < -0.3 is 18.3 Å². The Labute approximate surface area is 734 Å². The molecule has 0 spiro atoms. The summed E-state index contributed by atoms with van der Waals surface area (Å²) in [4.78, 5) is 0. The molecule has 0 bridgehead atoms. The van der Waals surface area contributed by atoms with E-state index in [1.807, 2.05) is 0 Å². The highest BCUT2D eigenvalue weighted by atomic mass is 28.3. The van der Waals surface area contributed by atoms with Crippen molar-refractivity contribution in [3.63, 3.8) is 0 Å². The first-order valence-electron chi connectivity index (χ1n) is 43.5. The summed E-state index contributed by atoms with van der Waals surface area (Å²) < 4.78 is 9.67. The topological polar surface area (TPSA) is 19.7 Å². The Morgan fingerprint density at radius 2 is 0.317 bits per heavy atom. The van der Waals surface area contributed by atoms with Gasteiger partial charge in [-0.25, -0.2) is 0 Å².